The van der Waals surface area contributed by atoms with Gasteiger partial charge in [-0.25, -0.2) is 9.37 Å². The van der Waals surface area contributed by atoms with Crippen molar-refractivity contribution in [1.29, 1.82) is 5.26 Å². The number of rotatable bonds is 3. The molecule has 1 unspecified atom stereocenters. The molecule has 2 aromatic heterocycles. The molecule has 0 aliphatic heterocycles. The van der Waals surface area contributed by atoms with Gasteiger partial charge in [0.05, 0.1) is 23.4 Å². The molecule has 0 saturated carbocycles. The molecule has 27 heavy (non-hydrogen) atoms. The van der Waals surface area contributed by atoms with E-state index in [-0.39, 0.29) is 5.56 Å². The number of pyridine rings is 1. The van der Waals surface area contributed by atoms with Gasteiger partial charge in [0.25, 0.3) is 0 Å². The SMILES string of the molecule is CC(O)c1c(F)cccc1-c1ccc2nc(-c3cccc(C#N)c3)cn2c1. The Bertz CT molecular complexity index is 1190. The summed E-state index contributed by atoms with van der Waals surface area (Å²) in [6.07, 6.45) is 2.82. The van der Waals surface area contributed by atoms with Crippen LogP contribution in [0.25, 0.3) is 28.0 Å². The maximum Gasteiger partial charge on any atom is 0.137 e. The van der Waals surface area contributed by atoms with Gasteiger partial charge < -0.3 is 9.51 Å². The van der Waals surface area contributed by atoms with E-state index in [1.807, 2.05) is 41.1 Å². The highest BCUT2D eigenvalue weighted by molar-refractivity contribution is 5.71. The van der Waals surface area contributed by atoms with Crippen LogP contribution < -0.4 is 0 Å². The van der Waals surface area contributed by atoms with Gasteiger partial charge in [0.15, 0.2) is 0 Å². The van der Waals surface area contributed by atoms with Crippen molar-refractivity contribution >= 4 is 5.65 Å². The number of aliphatic hydroxyl groups is 1. The smallest absolute Gasteiger partial charge is 0.137 e. The first-order valence-electron chi connectivity index (χ1n) is 8.53. The molecule has 5 heteroatoms. The third kappa shape index (κ3) is 3.07. The minimum atomic E-state index is -0.913. The summed E-state index contributed by atoms with van der Waals surface area (Å²) in [5.74, 6) is -0.428. The number of fused-ring (bicyclic) bond motifs is 1. The molecule has 0 bridgehead atoms. The summed E-state index contributed by atoms with van der Waals surface area (Å²) in [5, 5.41) is 19.1. The Morgan fingerprint density at radius 3 is 2.67 bits per heavy atom. The Labute approximate surface area is 155 Å². The van der Waals surface area contributed by atoms with Crippen molar-refractivity contribution in [2.75, 3.05) is 0 Å². The fourth-order valence-electron chi connectivity index (χ4n) is 3.25. The molecule has 2 heterocycles. The van der Waals surface area contributed by atoms with E-state index in [1.165, 1.54) is 6.07 Å². The number of aromatic nitrogens is 2. The Morgan fingerprint density at radius 2 is 1.89 bits per heavy atom. The zero-order valence-corrected chi connectivity index (χ0v) is 14.6. The lowest BCUT2D eigenvalue weighted by Crippen LogP contribution is -1.99. The quantitative estimate of drug-likeness (QED) is 0.576. The lowest BCUT2D eigenvalue weighted by Gasteiger charge is -2.13. The molecular weight excluding hydrogens is 341 g/mol. The molecule has 0 aliphatic carbocycles. The van der Waals surface area contributed by atoms with Gasteiger partial charge in [-0.1, -0.05) is 24.3 Å². The van der Waals surface area contributed by atoms with Gasteiger partial charge in [-0.3, -0.25) is 0 Å². The molecule has 0 spiro atoms. The molecule has 1 N–H and O–H groups in total. The highest BCUT2D eigenvalue weighted by Crippen LogP contribution is 2.31. The molecule has 0 saturated heterocycles. The summed E-state index contributed by atoms with van der Waals surface area (Å²) < 4.78 is 16.1. The number of hydrogen-bond acceptors (Lipinski definition) is 3. The van der Waals surface area contributed by atoms with E-state index < -0.39 is 11.9 Å². The lowest BCUT2D eigenvalue weighted by atomic mass is 9.97. The van der Waals surface area contributed by atoms with Crippen molar-refractivity contribution in [1.82, 2.24) is 9.38 Å². The average Bonchev–Trinajstić information content (AvgIpc) is 3.11. The van der Waals surface area contributed by atoms with Crippen LogP contribution in [0.3, 0.4) is 0 Å². The zero-order chi connectivity index (χ0) is 19.0. The van der Waals surface area contributed by atoms with Gasteiger partial charge in [-0.05, 0) is 48.4 Å². The van der Waals surface area contributed by atoms with Crippen LogP contribution in [0.15, 0.2) is 67.0 Å². The van der Waals surface area contributed by atoms with Gasteiger partial charge in [-0.15, -0.1) is 0 Å². The van der Waals surface area contributed by atoms with Gasteiger partial charge >= 0.3 is 0 Å². The summed E-state index contributed by atoms with van der Waals surface area (Å²) in [6.45, 7) is 1.55. The van der Waals surface area contributed by atoms with E-state index in [4.69, 9.17) is 5.26 Å². The fourth-order valence-corrected chi connectivity index (χ4v) is 3.25. The molecule has 132 valence electrons. The highest BCUT2D eigenvalue weighted by atomic mass is 19.1. The van der Waals surface area contributed by atoms with Crippen LogP contribution >= 0.6 is 0 Å². The maximum atomic E-state index is 14.2. The average molecular weight is 357 g/mol. The molecule has 2 aromatic carbocycles. The number of aliphatic hydroxyl groups excluding tert-OH is 1. The minimum absolute atomic E-state index is 0.277. The molecule has 4 rings (SSSR count). The predicted octanol–water partition coefficient (Wildman–Crippen LogP) is 4.73. The summed E-state index contributed by atoms with van der Waals surface area (Å²) >= 11 is 0. The van der Waals surface area contributed by atoms with Crippen LogP contribution in [-0.4, -0.2) is 14.5 Å². The first kappa shape index (κ1) is 17.0. The van der Waals surface area contributed by atoms with Crippen molar-refractivity contribution in [3.63, 3.8) is 0 Å². The molecule has 0 radical (unpaired) electrons. The van der Waals surface area contributed by atoms with Crippen molar-refractivity contribution in [3.05, 3.63) is 83.9 Å². The van der Waals surface area contributed by atoms with Crippen LogP contribution in [0.2, 0.25) is 0 Å². The first-order chi connectivity index (χ1) is 13.1. The van der Waals surface area contributed by atoms with E-state index in [0.29, 0.717) is 11.1 Å². The molecule has 0 fully saturated rings. The van der Waals surface area contributed by atoms with Crippen LogP contribution in [-0.2, 0) is 0 Å². The highest BCUT2D eigenvalue weighted by Gasteiger charge is 2.15. The minimum Gasteiger partial charge on any atom is -0.389 e. The zero-order valence-electron chi connectivity index (χ0n) is 14.6. The number of nitrogens with zero attached hydrogens (tertiary/aromatic N) is 3. The largest absolute Gasteiger partial charge is 0.389 e. The van der Waals surface area contributed by atoms with Gasteiger partial charge in [0.1, 0.15) is 11.5 Å². The van der Waals surface area contributed by atoms with Crippen molar-refractivity contribution in [2.24, 2.45) is 0 Å². The number of nitriles is 1. The lowest BCUT2D eigenvalue weighted by molar-refractivity contribution is 0.195. The molecule has 0 aliphatic rings. The van der Waals surface area contributed by atoms with E-state index in [2.05, 4.69) is 11.1 Å². The third-order valence-electron chi connectivity index (χ3n) is 4.52. The van der Waals surface area contributed by atoms with E-state index in [9.17, 15) is 9.50 Å². The Kier molecular flexibility index (Phi) is 4.19. The monoisotopic (exact) mass is 357 g/mol. The Morgan fingerprint density at radius 1 is 1.07 bits per heavy atom. The van der Waals surface area contributed by atoms with Crippen LogP contribution in [0.1, 0.15) is 24.2 Å². The fraction of sp³-hybridized carbons (Fsp3) is 0.0909. The van der Waals surface area contributed by atoms with Gasteiger partial charge in [-0.2, -0.15) is 5.26 Å². The second-order valence-electron chi connectivity index (χ2n) is 6.38. The first-order valence-corrected chi connectivity index (χ1v) is 8.53. The van der Waals surface area contributed by atoms with Gasteiger partial charge in [0, 0.05) is 23.5 Å². The number of hydrogen-bond donors (Lipinski definition) is 1. The number of halogens is 1. The van der Waals surface area contributed by atoms with Crippen molar-refractivity contribution < 1.29 is 9.50 Å². The summed E-state index contributed by atoms with van der Waals surface area (Å²) in [5.41, 5.74) is 4.63. The van der Waals surface area contributed by atoms with E-state index in [1.54, 1.807) is 31.2 Å². The molecular formula is C22H16FN3O. The Hall–Kier alpha value is -3.49. The van der Waals surface area contributed by atoms with Crippen LogP contribution in [0.4, 0.5) is 4.39 Å². The molecule has 0 amide bonds. The van der Waals surface area contributed by atoms with Crippen LogP contribution in [0, 0.1) is 17.1 Å². The normalized spacial score (nSPS) is 12.1. The summed E-state index contributed by atoms with van der Waals surface area (Å²) in [4.78, 5) is 4.60. The molecule has 4 nitrogen and oxygen atoms in total. The maximum absolute atomic E-state index is 14.2. The Balaban J connectivity index is 1.83. The predicted molar refractivity (Wildman–Crippen MR) is 101 cm³/mol. The third-order valence-corrected chi connectivity index (χ3v) is 4.52. The molecule has 4 aromatic rings. The van der Waals surface area contributed by atoms with Crippen molar-refractivity contribution in [2.45, 2.75) is 13.0 Å². The topological polar surface area (TPSA) is 61.3 Å². The van der Waals surface area contributed by atoms with Gasteiger partial charge in [0.2, 0.25) is 0 Å². The van der Waals surface area contributed by atoms with E-state index >= 15 is 0 Å². The second kappa shape index (κ2) is 6.67. The second-order valence-corrected chi connectivity index (χ2v) is 6.38. The number of imidazole rings is 1. The van der Waals surface area contributed by atoms with Crippen LogP contribution in [0.5, 0.6) is 0 Å². The summed E-state index contributed by atoms with van der Waals surface area (Å²) in [6, 6.07) is 17.9. The van der Waals surface area contributed by atoms with Crippen molar-refractivity contribution in [3.8, 4) is 28.5 Å². The number of benzene rings is 2. The van der Waals surface area contributed by atoms with E-state index in [0.717, 1.165) is 22.5 Å². The summed E-state index contributed by atoms with van der Waals surface area (Å²) in [7, 11) is 0. The molecule has 1 atom stereocenters. The standard InChI is InChI=1S/C22H16FN3O/c1-14(27)22-18(6-3-7-19(22)23)17-8-9-21-25-20(13-26(21)12-17)16-5-2-4-15(10-16)11-24/h2-10,12-14,27H,1H3.